The van der Waals surface area contributed by atoms with Crippen molar-refractivity contribution in [2.45, 2.75) is 38.3 Å². The molecule has 1 aromatic heterocycles. The molecule has 1 unspecified atom stereocenters. The van der Waals surface area contributed by atoms with Crippen LogP contribution in [0.15, 0.2) is 41.0 Å². The summed E-state index contributed by atoms with van der Waals surface area (Å²) in [5, 5.41) is 3.87. The van der Waals surface area contributed by atoms with Crippen molar-refractivity contribution >= 4 is 17.5 Å². The van der Waals surface area contributed by atoms with Crippen molar-refractivity contribution in [1.82, 2.24) is 5.32 Å². The van der Waals surface area contributed by atoms with Gasteiger partial charge >= 0.3 is 0 Å². The Hall–Kier alpha value is -1.78. The monoisotopic (exact) mass is 332 g/mol. The van der Waals surface area contributed by atoms with E-state index in [1.165, 1.54) is 19.1 Å². The molecule has 3 rings (SSSR count). The fraction of sp³-hybridized carbons (Fsp3) is 0.389. The first kappa shape index (κ1) is 16.1. The SMILES string of the molecule is NCc1cc(C(=O)NC(c2ccc(Cl)cc2)C2CCCC2)co1. The molecule has 122 valence electrons. The maximum Gasteiger partial charge on any atom is 0.255 e. The Bertz CT molecular complexity index is 660. The van der Waals surface area contributed by atoms with Gasteiger partial charge < -0.3 is 15.5 Å². The number of hydrogen-bond donors (Lipinski definition) is 2. The summed E-state index contributed by atoms with van der Waals surface area (Å²) >= 11 is 5.98. The summed E-state index contributed by atoms with van der Waals surface area (Å²) in [6.07, 6.45) is 6.16. The second kappa shape index (κ2) is 7.20. The zero-order chi connectivity index (χ0) is 16.2. The summed E-state index contributed by atoms with van der Waals surface area (Å²) < 4.78 is 5.26. The van der Waals surface area contributed by atoms with Gasteiger partial charge in [-0.15, -0.1) is 0 Å². The molecule has 1 fully saturated rings. The van der Waals surface area contributed by atoms with Gasteiger partial charge in [-0.2, -0.15) is 0 Å². The molecule has 2 aromatic rings. The highest BCUT2D eigenvalue weighted by atomic mass is 35.5. The summed E-state index contributed by atoms with van der Waals surface area (Å²) in [5.41, 5.74) is 7.14. The van der Waals surface area contributed by atoms with Gasteiger partial charge in [-0.25, -0.2) is 0 Å². The Balaban J connectivity index is 1.80. The number of nitrogens with two attached hydrogens (primary N) is 1. The van der Waals surface area contributed by atoms with E-state index in [9.17, 15) is 4.79 Å². The van der Waals surface area contributed by atoms with E-state index < -0.39 is 0 Å². The van der Waals surface area contributed by atoms with Gasteiger partial charge in [0.25, 0.3) is 5.91 Å². The summed E-state index contributed by atoms with van der Waals surface area (Å²) in [5.74, 6) is 0.945. The van der Waals surface area contributed by atoms with Crippen LogP contribution in [0.3, 0.4) is 0 Å². The van der Waals surface area contributed by atoms with Crippen LogP contribution in [0.2, 0.25) is 5.02 Å². The van der Waals surface area contributed by atoms with E-state index in [0.29, 0.717) is 22.3 Å². The fourth-order valence-electron chi connectivity index (χ4n) is 3.27. The third-order valence-corrected chi connectivity index (χ3v) is 4.76. The highest BCUT2D eigenvalue weighted by Gasteiger charge is 2.28. The van der Waals surface area contributed by atoms with Gasteiger partial charge in [-0.05, 0) is 42.5 Å². The van der Waals surface area contributed by atoms with E-state index in [1.54, 1.807) is 6.07 Å². The van der Waals surface area contributed by atoms with Crippen molar-refractivity contribution < 1.29 is 9.21 Å². The van der Waals surface area contributed by atoms with Gasteiger partial charge in [-0.3, -0.25) is 4.79 Å². The molecule has 0 spiro atoms. The third-order valence-electron chi connectivity index (χ3n) is 4.50. The van der Waals surface area contributed by atoms with E-state index >= 15 is 0 Å². The largest absolute Gasteiger partial charge is 0.467 e. The number of halogens is 1. The molecule has 1 aromatic carbocycles. The lowest BCUT2D eigenvalue weighted by Crippen LogP contribution is -2.32. The van der Waals surface area contributed by atoms with Gasteiger partial charge in [0.1, 0.15) is 12.0 Å². The number of benzene rings is 1. The number of nitrogens with one attached hydrogen (secondary N) is 1. The first-order chi connectivity index (χ1) is 11.2. The summed E-state index contributed by atoms with van der Waals surface area (Å²) in [4.78, 5) is 12.5. The molecule has 0 aliphatic heterocycles. The molecule has 5 heteroatoms. The van der Waals surface area contributed by atoms with E-state index in [2.05, 4.69) is 5.32 Å². The molecule has 1 aliphatic rings. The van der Waals surface area contributed by atoms with E-state index in [1.807, 2.05) is 24.3 Å². The van der Waals surface area contributed by atoms with Crippen molar-refractivity contribution in [2.75, 3.05) is 0 Å². The highest BCUT2D eigenvalue weighted by Crippen LogP contribution is 2.36. The molecule has 1 amide bonds. The highest BCUT2D eigenvalue weighted by molar-refractivity contribution is 6.30. The lowest BCUT2D eigenvalue weighted by molar-refractivity contribution is 0.0921. The zero-order valence-corrected chi connectivity index (χ0v) is 13.7. The lowest BCUT2D eigenvalue weighted by Gasteiger charge is -2.25. The second-order valence-corrected chi connectivity index (χ2v) is 6.49. The zero-order valence-electron chi connectivity index (χ0n) is 12.9. The van der Waals surface area contributed by atoms with Crippen LogP contribution < -0.4 is 11.1 Å². The minimum Gasteiger partial charge on any atom is -0.467 e. The maximum atomic E-state index is 12.5. The van der Waals surface area contributed by atoms with Gasteiger partial charge in [0.15, 0.2) is 0 Å². The third kappa shape index (κ3) is 3.77. The molecule has 1 heterocycles. The van der Waals surface area contributed by atoms with Crippen LogP contribution in [0.4, 0.5) is 0 Å². The number of amides is 1. The topological polar surface area (TPSA) is 68.3 Å². The minimum atomic E-state index is -0.125. The Kier molecular flexibility index (Phi) is 5.03. The Morgan fingerprint density at radius 3 is 2.61 bits per heavy atom. The minimum absolute atomic E-state index is 0.00140. The Labute approximate surface area is 141 Å². The van der Waals surface area contributed by atoms with Gasteiger partial charge in [0, 0.05) is 5.02 Å². The molecule has 1 atom stereocenters. The van der Waals surface area contributed by atoms with Crippen molar-refractivity contribution in [3.63, 3.8) is 0 Å². The maximum absolute atomic E-state index is 12.5. The average molecular weight is 333 g/mol. The van der Waals surface area contributed by atoms with Crippen LogP contribution in [-0.4, -0.2) is 5.91 Å². The predicted molar refractivity (Wildman–Crippen MR) is 90.2 cm³/mol. The van der Waals surface area contributed by atoms with Crippen molar-refractivity contribution in [3.8, 4) is 0 Å². The van der Waals surface area contributed by atoms with Crippen molar-refractivity contribution in [3.05, 3.63) is 58.5 Å². The second-order valence-electron chi connectivity index (χ2n) is 6.05. The van der Waals surface area contributed by atoms with Crippen LogP contribution in [0.5, 0.6) is 0 Å². The summed E-state index contributed by atoms with van der Waals surface area (Å²) in [6, 6.07) is 9.42. The number of rotatable bonds is 5. The fourth-order valence-corrected chi connectivity index (χ4v) is 3.39. The first-order valence-electron chi connectivity index (χ1n) is 8.01. The molecule has 0 saturated heterocycles. The first-order valence-corrected chi connectivity index (χ1v) is 8.39. The smallest absolute Gasteiger partial charge is 0.255 e. The van der Waals surface area contributed by atoms with Crippen LogP contribution in [0.25, 0.3) is 0 Å². The Morgan fingerprint density at radius 2 is 2.00 bits per heavy atom. The molecular formula is C18H21ClN2O2. The van der Waals surface area contributed by atoms with Gasteiger partial charge in [0.2, 0.25) is 0 Å². The normalized spacial score (nSPS) is 16.4. The van der Waals surface area contributed by atoms with Crippen LogP contribution in [0, 0.1) is 5.92 Å². The quantitative estimate of drug-likeness (QED) is 0.867. The number of carbonyl (C=O) groups is 1. The predicted octanol–water partition coefficient (Wildman–Crippen LogP) is 4.05. The molecule has 4 nitrogen and oxygen atoms in total. The molecule has 23 heavy (non-hydrogen) atoms. The van der Waals surface area contributed by atoms with Gasteiger partial charge in [-0.1, -0.05) is 36.6 Å². The summed E-state index contributed by atoms with van der Waals surface area (Å²) in [7, 11) is 0. The molecular weight excluding hydrogens is 312 g/mol. The lowest BCUT2D eigenvalue weighted by atomic mass is 9.91. The number of carbonyl (C=O) groups excluding carboxylic acids is 1. The van der Waals surface area contributed by atoms with E-state index in [0.717, 1.165) is 18.4 Å². The number of furan rings is 1. The van der Waals surface area contributed by atoms with Gasteiger partial charge in [0.05, 0.1) is 18.2 Å². The number of hydrogen-bond acceptors (Lipinski definition) is 3. The molecule has 0 radical (unpaired) electrons. The van der Waals surface area contributed by atoms with Crippen LogP contribution in [-0.2, 0) is 6.54 Å². The molecule has 1 saturated carbocycles. The van der Waals surface area contributed by atoms with Crippen LogP contribution >= 0.6 is 11.6 Å². The molecule has 3 N–H and O–H groups in total. The standard InChI is InChI=1S/C18H21ClN2O2/c19-15-7-5-13(6-8-15)17(12-3-1-2-4-12)21-18(22)14-9-16(10-20)23-11-14/h5-9,11-12,17H,1-4,10,20H2,(H,21,22). The summed E-state index contributed by atoms with van der Waals surface area (Å²) in [6.45, 7) is 0.288. The van der Waals surface area contributed by atoms with E-state index in [-0.39, 0.29) is 18.5 Å². The molecule has 0 bridgehead atoms. The van der Waals surface area contributed by atoms with Crippen LogP contribution in [0.1, 0.15) is 53.4 Å². The molecule has 1 aliphatic carbocycles. The van der Waals surface area contributed by atoms with Crippen molar-refractivity contribution in [2.24, 2.45) is 11.7 Å². The average Bonchev–Trinajstić information content (AvgIpc) is 3.25. The Morgan fingerprint density at radius 1 is 1.30 bits per heavy atom. The van der Waals surface area contributed by atoms with E-state index in [4.69, 9.17) is 21.8 Å². The van der Waals surface area contributed by atoms with Crippen molar-refractivity contribution in [1.29, 1.82) is 0 Å².